The second-order valence-corrected chi connectivity index (χ2v) is 2.65. The second-order valence-electron chi connectivity index (χ2n) is 2.65. The number of carbonyl (C=O) groups is 1. The highest BCUT2D eigenvalue weighted by Gasteiger charge is 2.10. The van der Waals surface area contributed by atoms with Crippen LogP contribution in [0.2, 0.25) is 0 Å². The number of carboxylic acid groups (broad SMARTS) is 1. The molecule has 6 heteroatoms. The minimum atomic E-state index is -0.999. The summed E-state index contributed by atoms with van der Waals surface area (Å²) in [5.41, 5.74) is 6.71. The standard InChI is InChI=1S/C8H7N3O2.ClH/c9-5-1-2-11-7(3-5)6(4-10-11)8(12)13;/h1-4H,9H2,(H,12,13);1H. The van der Waals surface area contributed by atoms with Gasteiger partial charge < -0.3 is 10.8 Å². The molecule has 0 aliphatic rings. The maximum atomic E-state index is 10.7. The van der Waals surface area contributed by atoms with Crippen LogP contribution in [-0.4, -0.2) is 20.7 Å². The van der Waals surface area contributed by atoms with E-state index < -0.39 is 5.97 Å². The Bertz CT molecular complexity index is 480. The Morgan fingerprint density at radius 2 is 2.29 bits per heavy atom. The molecule has 2 aromatic rings. The number of fused-ring (bicyclic) bond motifs is 1. The molecular weight excluding hydrogens is 206 g/mol. The number of hydrogen-bond acceptors (Lipinski definition) is 3. The van der Waals surface area contributed by atoms with Crippen LogP contribution in [0.25, 0.3) is 5.52 Å². The van der Waals surface area contributed by atoms with Gasteiger partial charge in [0.1, 0.15) is 5.56 Å². The predicted octanol–water partition coefficient (Wildman–Crippen LogP) is 1.04. The minimum absolute atomic E-state index is 0. The van der Waals surface area contributed by atoms with Gasteiger partial charge in [-0.1, -0.05) is 0 Å². The highest BCUT2D eigenvalue weighted by Crippen LogP contribution is 2.13. The van der Waals surface area contributed by atoms with E-state index in [1.54, 1.807) is 18.3 Å². The largest absolute Gasteiger partial charge is 0.478 e. The van der Waals surface area contributed by atoms with E-state index in [9.17, 15) is 4.79 Å². The van der Waals surface area contributed by atoms with E-state index in [0.717, 1.165) is 0 Å². The van der Waals surface area contributed by atoms with E-state index >= 15 is 0 Å². The predicted molar refractivity (Wildman–Crippen MR) is 53.8 cm³/mol. The molecule has 0 amide bonds. The molecule has 2 aromatic heterocycles. The first-order valence-electron chi connectivity index (χ1n) is 3.64. The third-order valence-corrected chi connectivity index (χ3v) is 1.78. The molecule has 2 heterocycles. The topological polar surface area (TPSA) is 80.6 Å². The first kappa shape index (κ1) is 10.3. The molecule has 3 N–H and O–H groups in total. The zero-order chi connectivity index (χ0) is 9.42. The second kappa shape index (κ2) is 3.55. The maximum Gasteiger partial charge on any atom is 0.339 e. The molecule has 0 unspecified atom stereocenters. The average Bonchev–Trinajstić information content (AvgIpc) is 2.46. The van der Waals surface area contributed by atoms with Crippen molar-refractivity contribution >= 4 is 29.6 Å². The van der Waals surface area contributed by atoms with Crippen molar-refractivity contribution in [2.24, 2.45) is 0 Å². The van der Waals surface area contributed by atoms with Crippen molar-refractivity contribution in [2.75, 3.05) is 5.73 Å². The van der Waals surface area contributed by atoms with Crippen LogP contribution in [0.5, 0.6) is 0 Å². The Hall–Kier alpha value is -1.75. The number of carboxylic acids is 1. The zero-order valence-corrected chi connectivity index (χ0v) is 7.86. The van der Waals surface area contributed by atoms with Crippen LogP contribution in [-0.2, 0) is 0 Å². The Morgan fingerprint density at radius 1 is 1.57 bits per heavy atom. The fourth-order valence-electron chi connectivity index (χ4n) is 1.16. The summed E-state index contributed by atoms with van der Waals surface area (Å²) in [5, 5.41) is 12.6. The highest BCUT2D eigenvalue weighted by molar-refractivity contribution is 5.95. The van der Waals surface area contributed by atoms with E-state index in [0.29, 0.717) is 11.2 Å². The number of halogens is 1. The highest BCUT2D eigenvalue weighted by atomic mass is 35.5. The summed E-state index contributed by atoms with van der Waals surface area (Å²) >= 11 is 0. The summed E-state index contributed by atoms with van der Waals surface area (Å²) in [7, 11) is 0. The van der Waals surface area contributed by atoms with Gasteiger partial charge in [0.25, 0.3) is 0 Å². The Morgan fingerprint density at radius 3 is 2.93 bits per heavy atom. The SMILES string of the molecule is Cl.Nc1ccn2ncc(C(=O)O)c2c1. The smallest absolute Gasteiger partial charge is 0.339 e. The van der Waals surface area contributed by atoms with E-state index in [1.807, 2.05) is 0 Å². The fraction of sp³-hybridized carbons (Fsp3) is 0. The number of aromatic nitrogens is 2. The fourth-order valence-corrected chi connectivity index (χ4v) is 1.16. The lowest BCUT2D eigenvalue weighted by molar-refractivity contribution is 0.0699. The molecule has 0 aliphatic carbocycles. The molecule has 0 aromatic carbocycles. The van der Waals surface area contributed by atoms with Crippen LogP contribution in [0.15, 0.2) is 24.5 Å². The third-order valence-electron chi connectivity index (χ3n) is 1.78. The molecule has 0 spiro atoms. The van der Waals surface area contributed by atoms with Gasteiger partial charge >= 0.3 is 5.97 Å². The Labute approximate surface area is 85.6 Å². The first-order valence-corrected chi connectivity index (χ1v) is 3.64. The molecule has 14 heavy (non-hydrogen) atoms. The van der Waals surface area contributed by atoms with Gasteiger partial charge in [0, 0.05) is 11.9 Å². The van der Waals surface area contributed by atoms with Crippen LogP contribution >= 0.6 is 12.4 Å². The third kappa shape index (κ3) is 1.49. The lowest BCUT2D eigenvalue weighted by Gasteiger charge is -1.95. The number of nitrogen functional groups attached to an aromatic ring is 1. The molecule has 0 fully saturated rings. The van der Waals surface area contributed by atoms with Gasteiger partial charge in [-0.2, -0.15) is 5.10 Å². The molecule has 0 atom stereocenters. The molecule has 74 valence electrons. The van der Waals surface area contributed by atoms with Crippen molar-refractivity contribution in [3.05, 3.63) is 30.1 Å². The number of rotatable bonds is 1. The van der Waals surface area contributed by atoms with Gasteiger partial charge in [0.2, 0.25) is 0 Å². The van der Waals surface area contributed by atoms with Crippen molar-refractivity contribution in [1.82, 2.24) is 9.61 Å². The van der Waals surface area contributed by atoms with Crippen LogP contribution in [0.1, 0.15) is 10.4 Å². The molecule has 2 rings (SSSR count). The van der Waals surface area contributed by atoms with Gasteiger partial charge in [-0.15, -0.1) is 12.4 Å². The summed E-state index contributed by atoms with van der Waals surface area (Å²) in [4.78, 5) is 10.7. The summed E-state index contributed by atoms with van der Waals surface area (Å²) < 4.78 is 1.47. The summed E-state index contributed by atoms with van der Waals surface area (Å²) in [6.45, 7) is 0. The molecule has 0 bridgehead atoms. The van der Waals surface area contributed by atoms with Gasteiger partial charge in [-0.25, -0.2) is 9.31 Å². The van der Waals surface area contributed by atoms with Crippen molar-refractivity contribution in [3.8, 4) is 0 Å². The molecule has 5 nitrogen and oxygen atoms in total. The summed E-state index contributed by atoms with van der Waals surface area (Å²) in [6.07, 6.45) is 2.92. The molecule has 0 radical (unpaired) electrons. The van der Waals surface area contributed by atoms with Gasteiger partial charge in [0.15, 0.2) is 0 Å². The van der Waals surface area contributed by atoms with Crippen LogP contribution < -0.4 is 5.73 Å². The normalized spacial score (nSPS) is 9.71. The number of nitrogens with zero attached hydrogens (tertiary/aromatic N) is 2. The number of nitrogens with two attached hydrogens (primary N) is 1. The summed E-state index contributed by atoms with van der Waals surface area (Å²) in [6, 6.07) is 3.24. The van der Waals surface area contributed by atoms with E-state index in [2.05, 4.69) is 5.10 Å². The average molecular weight is 214 g/mol. The lowest BCUT2D eigenvalue weighted by atomic mass is 10.2. The van der Waals surface area contributed by atoms with E-state index in [1.165, 1.54) is 10.7 Å². The van der Waals surface area contributed by atoms with Crippen LogP contribution in [0.4, 0.5) is 5.69 Å². The van der Waals surface area contributed by atoms with Crippen LogP contribution in [0, 0.1) is 0 Å². The van der Waals surface area contributed by atoms with Gasteiger partial charge in [-0.3, -0.25) is 0 Å². The van der Waals surface area contributed by atoms with Gasteiger partial charge in [0.05, 0.1) is 11.7 Å². The number of hydrogen-bond donors (Lipinski definition) is 2. The van der Waals surface area contributed by atoms with Crippen molar-refractivity contribution in [2.45, 2.75) is 0 Å². The Kier molecular flexibility index (Phi) is 2.62. The van der Waals surface area contributed by atoms with E-state index in [4.69, 9.17) is 10.8 Å². The zero-order valence-electron chi connectivity index (χ0n) is 7.04. The Balaban J connectivity index is 0.000000980. The van der Waals surface area contributed by atoms with E-state index in [-0.39, 0.29) is 18.0 Å². The molecule has 0 saturated heterocycles. The maximum absolute atomic E-state index is 10.7. The van der Waals surface area contributed by atoms with Crippen molar-refractivity contribution in [3.63, 3.8) is 0 Å². The number of pyridine rings is 1. The van der Waals surface area contributed by atoms with Crippen molar-refractivity contribution in [1.29, 1.82) is 0 Å². The molecule has 0 saturated carbocycles. The molecule has 0 aliphatic heterocycles. The number of anilines is 1. The summed E-state index contributed by atoms with van der Waals surface area (Å²) in [5.74, 6) is -0.999. The lowest BCUT2D eigenvalue weighted by Crippen LogP contribution is -1.96. The first-order chi connectivity index (χ1) is 6.18. The quantitative estimate of drug-likeness (QED) is 0.742. The van der Waals surface area contributed by atoms with Gasteiger partial charge in [-0.05, 0) is 12.1 Å². The van der Waals surface area contributed by atoms with Crippen LogP contribution in [0.3, 0.4) is 0 Å². The monoisotopic (exact) mass is 213 g/mol. The molecular formula is C8H8ClN3O2. The minimum Gasteiger partial charge on any atom is -0.478 e. The number of aromatic carboxylic acids is 1. The van der Waals surface area contributed by atoms with Crippen molar-refractivity contribution < 1.29 is 9.90 Å².